The summed E-state index contributed by atoms with van der Waals surface area (Å²) in [5.74, 6) is -0.424. The highest BCUT2D eigenvalue weighted by atomic mass is 35.5. The maximum absolute atomic E-state index is 14.0. The Hall–Kier alpha value is -3.69. The van der Waals surface area contributed by atoms with Crippen LogP contribution in [0, 0.1) is 0 Å². The standard InChI is InChI=1S/C26H22ClN3O5S/c1-5-35-25(33)19-13(2)28-26-30(21(19)16-12-14(27)10-11-18(16)34-4)24(32)22(36-26)20-15-8-6-7-9-17(15)29(3)23(20)31/h6-12,21H,5H2,1-4H3/b22-20+/t21-/m1/s1. The molecule has 36 heavy (non-hydrogen) atoms. The molecule has 2 aliphatic rings. The van der Waals surface area contributed by atoms with E-state index in [4.69, 9.17) is 21.1 Å². The number of likely N-dealkylation sites (N-methyl/N-ethyl adjacent to an activating group) is 1. The minimum absolute atomic E-state index is 0.154. The number of esters is 1. The Morgan fingerprint density at radius 2 is 1.94 bits per heavy atom. The van der Waals surface area contributed by atoms with Gasteiger partial charge in [-0.25, -0.2) is 9.79 Å². The molecule has 0 saturated heterocycles. The van der Waals surface area contributed by atoms with E-state index in [2.05, 4.69) is 4.99 Å². The molecule has 1 atom stereocenters. The molecule has 0 radical (unpaired) electrons. The topological polar surface area (TPSA) is 90.2 Å². The average molecular weight is 524 g/mol. The van der Waals surface area contributed by atoms with Gasteiger partial charge >= 0.3 is 5.97 Å². The normalized spacial score (nSPS) is 18.1. The third-order valence-corrected chi connectivity index (χ3v) is 7.55. The molecule has 184 valence electrons. The number of fused-ring (bicyclic) bond motifs is 2. The van der Waals surface area contributed by atoms with Crippen LogP contribution >= 0.6 is 22.9 Å². The minimum atomic E-state index is -0.909. The van der Waals surface area contributed by atoms with Crippen LogP contribution in [0.5, 0.6) is 5.75 Å². The number of nitrogens with zero attached hydrogens (tertiary/aromatic N) is 3. The van der Waals surface area contributed by atoms with Crippen molar-refractivity contribution in [2.45, 2.75) is 19.9 Å². The molecule has 2 aliphatic heterocycles. The van der Waals surface area contributed by atoms with Crippen molar-refractivity contribution in [2.24, 2.45) is 4.99 Å². The number of allylic oxidation sites excluding steroid dienone is 1. The molecule has 8 nitrogen and oxygen atoms in total. The van der Waals surface area contributed by atoms with E-state index in [1.165, 1.54) is 16.6 Å². The van der Waals surface area contributed by atoms with Gasteiger partial charge in [0, 0.05) is 23.2 Å². The fraction of sp³-hybridized carbons (Fsp3) is 0.231. The summed E-state index contributed by atoms with van der Waals surface area (Å²) in [6.07, 6.45) is 0. The summed E-state index contributed by atoms with van der Waals surface area (Å²) in [5, 5.41) is 0.412. The Balaban J connectivity index is 1.87. The first-order chi connectivity index (χ1) is 17.3. The van der Waals surface area contributed by atoms with Gasteiger partial charge in [0.25, 0.3) is 11.5 Å². The molecule has 0 spiro atoms. The van der Waals surface area contributed by atoms with E-state index in [0.29, 0.717) is 38.0 Å². The van der Waals surface area contributed by atoms with Gasteiger partial charge in [-0.15, -0.1) is 0 Å². The number of amides is 1. The second-order valence-electron chi connectivity index (χ2n) is 8.27. The monoisotopic (exact) mass is 523 g/mol. The molecule has 0 fully saturated rings. The minimum Gasteiger partial charge on any atom is -0.496 e. The van der Waals surface area contributed by atoms with Crippen molar-refractivity contribution in [3.05, 3.63) is 89.6 Å². The van der Waals surface area contributed by atoms with E-state index >= 15 is 0 Å². The van der Waals surface area contributed by atoms with Gasteiger partial charge in [-0.1, -0.05) is 41.1 Å². The predicted molar refractivity (Wildman–Crippen MR) is 137 cm³/mol. The van der Waals surface area contributed by atoms with Crippen molar-refractivity contribution >= 4 is 46.1 Å². The number of hydrogen-bond donors (Lipinski definition) is 0. The lowest BCUT2D eigenvalue weighted by Crippen LogP contribution is -2.41. The average Bonchev–Trinajstić information content (AvgIpc) is 3.31. The van der Waals surface area contributed by atoms with Crippen molar-refractivity contribution < 1.29 is 19.1 Å². The summed E-state index contributed by atoms with van der Waals surface area (Å²) < 4.78 is 12.6. The summed E-state index contributed by atoms with van der Waals surface area (Å²) in [7, 11) is 3.18. The smallest absolute Gasteiger partial charge is 0.338 e. The molecule has 1 aromatic heterocycles. The molecule has 3 aromatic rings. The fourth-order valence-electron chi connectivity index (χ4n) is 4.64. The molecule has 0 aliphatic carbocycles. The lowest BCUT2D eigenvalue weighted by molar-refractivity contribution is -0.139. The van der Waals surface area contributed by atoms with E-state index in [0.717, 1.165) is 17.0 Å². The van der Waals surface area contributed by atoms with Gasteiger partial charge in [-0.2, -0.15) is 0 Å². The molecule has 0 unspecified atom stereocenters. The number of benzene rings is 2. The first-order valence-electron chi connectivity index (χ1n) is 11.2. The van der Waals surface area contributed by atoms with Gasteiger partial charge < -0.3 is 14.4 Å². The highest BCUT2D eigenvalue weighted by Gasteiger charge is 2.37. The zero-order chi connectivity index (χ0) is 25.7. The van der Waals surface area contributed by atoms with E-state index < -0.39 is 17.6 Å². The van der Waals surface area contributed by atoms with Gasteiger partial charge in [-0.05, 0) is 38.1 Å². The number of halogens is 1. The lowest BCUT2D eigenvalue weighted by Gasteiger charge is -2.26. The molecule has 10 heteroatoms. The first-order valence-corrected chi connectivity index (χ1v) is 12.4. The van der Waals surface area contributed by atoms with Crippen LogP contribution in [-0.4, -0.2) is 37.2 Å². The quantitative estimate of drug-likeness (QED) is 0.491. The van der Waals surface area contributed by atoms with Crippen LogP contribution in [0.1, 0.15) is 31.0 Å². The number of thiazole rings is 1. The zero-order valence-corrected chi connectivity index (χ0v) is 21.6. The Morgan fingerprint density at radius 1 is 1.19 bits per heavy atom. The molecule has 2 aromatic carbocycles. The third kappa shape index (κ3) is 3.58. The fourth-order valence-corrected chi connectivity index (χ4v) is 5.96. The number of carbonyl (C=O) groups is 2. The molecule has 0 bridgehead atoms. The van der Waals surface area contributed by atoms with Crippen molar-refractivity contribution in [3.8, 4) is 5.75 Å². The molecule has 1 amide bonds. The highest BCUT2D eigenvalue weighted by molar-refractivity contribution is 7.07. The van der Waals surface area contributed by atoms with Crippen LogP contribution in [-0.2, 0) is 14.3 Å². The summed E-state index contributed by atoms with van der Waals surface area (Å²) in [5.41, 5.74) is 2.40. The van der Waals surface area contributed by atoms with E-state index in [-0.39, 0.29) is 22.6 Å². The van der Waals surface area contributed by atoms with Crippen molar-refractivity contribution in [1.29, 1.82) is 0 Å². The lowest BCUT2D eigenvalue weighted by atomic mass is 9.95. The van der Waals surface area contributed by atoms with Crippen molar-refractivity contribution in [2.75, 3.05) is 25.7 Å². The Bertz CT molecular complexity index is 1650. The van der Waals surface area contributed by atoms with Crippen molar-refractivity contribution in [1.82, 2.24) is 4.57 Å². The summed E-state index contributed by atoms with van der Waals surface area (Å²) in [6.45, 7) is 3.56. The summed E-state index contributed by atoms with van der Waals surface area (Å²) in [6, 6.07) is 11.4. The Labute approximate surface area is 215 Å². The molecular formula is C26H22ClN3O5S. The molecule has 3 heterocycles. The Morgan fingerprint density at radius 3 is 2.67 bits per heavy atom. The summed E-state index contributed by atoms with van der Waals surface area (Å²) in [4.78, 5) is 46.9. The number of anilines is 1. The van der Waals surface area contributed by atoms with E-state index in [9.17, 15) is 14.4 Å². The van der Waals surface area contributed by atoms with Crippen LogP contribution in [0.2, 0.25) is 5.02 Å². The molecule has 0 N–H and O–H groups in total. The molecular weight excluding hydrogens is 502 g/mol. The van der Waals surface area contributed by atoms with Crippen molar-refractivity contribution in [3.63, 3.8) is 0 Å². The number of ether oxygens (including phenoxy) is 2. The predicted octanol–water partition coefficient (Wildman–Crippen LogP) is 2.81. The maximum atomic E-state index is 14.0. The van der Waals surface area contributed by atoms with Gasteiger partial charge in [-0.3, -0.25) is 14.2 Å². The van der Waals surface area contributed by atoms with Gasteiger partial charge in [0.1, 0.15) is 16.3 Å². The SMILES string of the molecule is CCOC(=O)C1=C(C)N=c2s/c(=C3/C(=O)N(C)c4ccccc43)c(=O)n2[C@@H]1c1cc(Cl)ccc1OC. The van der Waals surface area contributed by atoms with E-state index in [1.54, 1.807) is 39.1 Å². The summed E-state index contributed by atoms with van der Waals surface area (Å²) >= 11 is 7.45. The van der Waals surface area contributed by atoms with E-state index in [1.807, 2.05) is 24.3 Å². The number of carbonyl (C=O) groups excluding carboxylic acids is 2. The number of aromatic nitrogens is 1. The number of rotatable bonds is 4. The van der Waals surface area contributed by atoms with Gasteiger partial charge in [0.2, 0.25) is 0 Å². The second kappa shape index (κ2) is 9.07. The first kappa shape index (κ1) is 24.0. The van der Waals surface area contributed by atoms with Crippen LogP contribution < -0.4 is 24.5 Å². The number of hydrogen-bond acceptors (Lipinski definition) is 7. The third-order valence-electron chi connectivity index (χ3n) is 6.26. The van der Waals surface area contributed by atoms with Crippen LogP contribution in [0.4, 0.5) is 5.69 Å². The zero-order valence-electron chi connectivity index (χ0n) is 20.0. The number of para-hydroxylation sites is 1. The second-order valence-corrected chi connectivity index (χ2v) is 9.68. The Kier molecular flexibility index (Phi) is 6.05. The van der Waals surface area contributed by atoms with Gasteiger partial charge in [0.15, 0.2) is 4.80 Å². The van der Waals surface area contributed by atoms with Gasteiger partial charge in [0.05, 0.1) is 36.2 Å². The van der Waals surface area contributed by atoms with Crippen LogP contribution in [0.25, 0.3) is 5.57 Å². The largest absolute Gasteiger partial charge is 0.496 e. The highest BCUT2D eigenvalue weighted by Crippen LogP contribution is 2.38. The van der Waals surface area contributed by atoms with Crippen LogP contribution in [0.15, 0.2) is 63.5 Å². The van der Waals surface area contributed by atoms with Crippen LogP contribution in [0.3, 0.4) is 0 Å². The molecule has 0 saturated carbocycles. The number of methoxy groups -OCH3 is 1. The molecule has 5 rings (SSSR count). The maximum Gasteiger partial charge on any atom is 0.338 e.